The van der Waals surface area contributed by atoms with Gasteiger partial charge >= 0.3 is 11.9 Å². The number of methoxy groups -OCH3 is 2. The molecule has 0 atom stereocenters. The highest BCUT2D eigenvalue weighted by Gasteiger charge is 2.24. The van der Waals surface area contributed by atoms with Gasteiger partial charge in [-0.25, -0.2) is 0 Å². The van der Waals surface area contributed by atoms with Crippen LogP contribution in [-0.4, -0.2) is 62.2 Å². The first-order valence-electron chi connectivity index (χ1n) is 12.3. The topological polar surface area (TPSA) is 155 Å². The number of phenolic OH excluding ortho intramolecular Hbond substituents is 1. The molecule has 4 rings (SSSR count). The zero-order chi connectivity index (χ0) is 28.9. The molecule has 2 fully saturated rings. The SMILES string of the molecule is COc1c(O)ccc(C=O)c1OC(C)=O.COc1c(OCC2CC2)ccc(C=O)c1OC(C)=O.OCC1CC1. The van der Waals surface area contributed by atoms with E-state index in [9.17, 15) is 24.3 Å². The second-order valence-corrected chi connectivity index (χ2v) is 8.85. The summed E-state index contributed by atoms with van der Waals surface area (Å²) in [6.45, 7) is 3.49. The van der Waals surface area contributed by atoms with Gasteiger partial charge in [0.25, 0.3) is 0 Å². The lowest BCUT2D eigenvalue weighted by atomic mass is 10.2. The number of carbonyl (C=O) groups is 4. The van der Waals surface area contributed by atoms with E-state index in [1.165, 1.54) is 65.9 Å². The zero-order valence-corrected chi connectivity index (χ0v) is 22.4. The fraction of sp³-hybridized carbons (Fsp3) is 0.429. The van der Waals surface area contributed by atoms with E-state index in [0.717, 1.165) is 0 Å². The van der Waals surface area contributed by atoms with Crippen LogP contribution in [0.4, 0.5) is 0 Å². The lowest BCUT2D eigenvalue weighted by Crippen LogP contribution is -2.08. The first-order valence-corrected chi connectivity index (χ1v) is 12.3. The summed E-state index contributed by atoms with van der Waals surface area (Å²) in [5.74, 6) is 0.745. The number of aromatic hydroxyl groups is 1. The van der Waals surface area contributed by atoms with E-state index in [1.807, 2.05) is 0 Å². The van der Waals surface area contributed by atoms with Crippen molar-refractivity contribution in [3.05, 3.63) is 35.4 Å². The molecule has 0 radical (unpaired) electrons. The van der Waals surface area contributed by atoms with Crippen molar-refractivity contribution in [3.8, 4) is 34.5 Å². The van der Waals surface area contributed by atoms with Gasteiger partial charge in [-0.15, -0.1) is 0 Å². The van der Waals surface area contributed by atoms with Crippen molar-refractivity contribution >= 4 is 24.5 Å². The van der Waals surface area contributed by atoms with Gasteiger partial charge in [-0.2, -0.15) is 0 Å². The van der Waals surface area contributed by atoms with Crippen LogP contribution in [0.5, 0.6) is 34.5 Å². The Labute approximate surface area is 226 Å². The van der Waals surface area contributed by atoms with E-state index in [4.69, 9.17) is 28.8 Å². The predicted molar refractivity (Wildman–Crippen MR) is 139 cm³/mol. The Bertz CT molecular complexity index is 1150. The first kappa shape index (κ1) is 31.1. The number of aldehydes is 2. The van der Waals surface area contributed by atoms with Gasteiger partial charge in [0.2, 0.25) is 11.5 Å². The molecule has 0 unspecified atom stereocenters. The minimum Gasteiger partial charge on any atom is -0.504 e. The lowest BCUT2D eigenvalue weighted by Gasteiger charge is -2.15. The van der Waals surface area contributed by atoms with Gasteiger partial charge in [0.15, 0.2) is 35.6 Å². The lowest BCUT2D eigenvalue weighted by molar-refractivity contribution is -0.133. The van der Waals surface area contributed by atoms with Crippen molar-refractivity contribution in [3.63, 3.8) is 0 Å². The second-order valence-electron chi connectivity index (χ2n) is 8.85. The molecule has 2 aromatic rings. The third-order valence-corrected chi connectivity index (χ3v) is 5.51. The van der Waals surface area contributed by atoms with Crippen LogP contribution in [0.2, 0.25) is 0 Å². The summed E-state index contributed by atoms with van der Waals surface area (Å²) in [6.07, 6.45) is 6.00. The molecular formula is C28H34O11. The molecule has 2 aliphatic rings. The van der Waals surface area contributed by atoms with E-state index >= 15 is 0 Å². The quantitative estimate of drug-likeness (QED) is 0.254. The van der Waals surface area contributed by atoms with Crippen molar-refractivity contribution in [1.82, 2.24) is 0 Å². The van der Waals surface area contributed by atoms with Crippen molar-refractivity contribution in [2.75, 3.05) is 27.4 Å². The summed E-state index contributed by atoms with van der Waals surface area (Å²) < 4.78 is 25.5. The Hall–Kier alpha value is -4.12. The molecule has 2 aliphatic carbocycles. The van der Waals surface area contributed by atoms with Crippen LogP contribution < -0.4 is 23.7 Å². The van der Waals surface area contributed by atoms with Crippen molar-refractivity contribution in [1.29, 1.82) is 0 Å². The third-order valence-electron chi connectivity index (χ3n) is 5.51. The largest absolute Gasteiger partial charge is 0.504 e. The number of aliphatic hydroxyl groups excluding tert-OH is 1. The summed E-state index contributed by atoms with van der Waals surface area (Å²) in [4.78, 5) is 43.5. The minimum atomic E-state index is -0.595. The maximum Gasteiger partial charge on any atom is 0.308 e. The monoisotopic (exact) mass is 546 g/mol. The molecule has 0 spiro atoms. The number of aliphatic hydroxyl groups is 1. The molecule has 11 nitrogen and oxygen atoms in total. The highest BCUT2D eigenvalue weighted by atomic mass is 16.6. The van der Waals surface area contributed by atoms with E-state index in [0.29, 0.717) is 43.4 Å². The predicted octanol–water partition coefficient (Wildman–Crippen LogP) is 3.75. The van der Waals surface area contributed by atoms with E-state index in [1.54, 1.807) is 12.1 Å². The maximum atomic E-state index is 11.1. The van der Waals surface area contributed by atoms with Crippen LogP contribution in [0, 0.1) is 11.8 Å². The standard InChI is InChI=1S/C14H16O5.C10H10O5.C4H8O/c1-9(16)19-13-11(7-15)5-6-12(14(13)17-2)18-8-10-3-4-10;1-6(12)15-9-7(5-11)3-4-8(13)10(9)14-2;5-3-4-1-2-4/h5-7,10H,3-4,8H2,1-2H3;3-5,13H,1-2H3;4-5H,1-3H2. The number of rotatable bonds is 10. The average molecular weight is 547 g/mol. The smallest absolute Gasteiger partial charge is 0.308 e. The number of ether oxygens (including phenoxy) is 5. The van der Waals surface area contributed by atoms with Crippen molar-refractivity contribution in [2.24, 2.45) is 11.8 Å². The molecule has 11 heteroatoms. The van der Waals surface area contributed by atoms with Crippen LogP contribution in [0.15, 0.2) is 24.3 Å². The van der Waals surface area contributed by atoms with E-state index in [-0.39, 0.29) is 39.9 Å². The highest BCUT2D eigenvalue weighted by Crippen LogP contribution is 2.41. The average Bonchev–Trinajstić information content (AvgIpc) is 3.83. The first-order chi connectivity index (χ1) is 18.7. The molecule has 2 saturated carbocycles. The van der Waals surface area contributed by atoms with Crippen molar-refractivity contribution < 1.29 is 53.1 Å². The van der Waals surface area contributed by atoms with E-state index < -0.39 is 11.9 Å². The molecule has 2 aromatic carbocycles. The minimum absolute atomic E-state index is 0.0326. The Morgan fingerprint density at radius 3 is 1.67 bits per heavy atom. The maximum absolute atomic E-state index is 11.1. The molecule has 2 N–H and O–H groups in total. The van der Waals surface area contributed by atoms with Gasteiger partial charge in [0.1, 0.15) is 0 Å². The second kappa shape index (κ2) is 15.3. The van der Waals surface area contributed by atoms with Crippen molar-refractivity contribution in [2.45, 2.75) is 39.5 Å². The Morgan fingerprint density at radius 1 is 0.795 bits per heavy atom. The molecule has 0 saturated heterocycles. The fourth-order valence-electron chi connectivity index (χ4n) is 3.11. The number of esters is 2. The van der Waals surface area contributed by atoms with Gasteiger partial charge in [-0.1, -0.05) is 0 Å². The molecule has 0 aromatic heterocycles. The third kappa shape index (κ3) is 9.93. The summed E-state index contributed by atoms with van der Waals surface area (Å²) in [6, 6.07) is 5.83. The fourth-order valence-corrected chi connectivity index (χ4v) is 3.11. The Kier molecular flexibility index (Phi) is 12.2. The van der Waals surface area contributed by atoms with Crippen LogP contribution in [0.3, 0.4) is 0 Å². The van der Waals surface area contributed by atoms with Gasteiger partial charge in [0.05, 0.1) is 32.0 Å². The van der Waals surface area contributed by atoms with Gasteiger partial charge in [-0.05, 0) is 61.8 Å². The number of hydrogen-bond acceptors (Lipinski definition) is 11. The normalized spacial score (nSPS) is 13.4. The number of carbonyl (C=O) groups excluding carboxylic acids is 4. The summed E-state index contributed by atoms with van der Waals surface area (Å²) >= 11 is 0. The van der Waals surface area contributed by atoms with Crippen LogP contribution >= 0.6 is 0 Å². The van der Waals surface area contributed by atoms with E-state index in [2.05, 4.69) is 0 Å². The summed E-state index contributed by atoms with van der Waals surface area (Å²) in [7, 11) is 2.75. The number of hydrogen-bond donors (Lipinski definition) is 2. The molecule has 0 heterocycles. The summed E-state index contributed by atoms with van der Waals surface area (Å²) in [5, 5.41) is 17.6. The van der Waals surface area contributed by atoms with Crippen LogP contribution in [0.25, 0.3) is 0 Å². The number of benzene rings is 2. The van der Waals surface area contributed by atoms with Gasteiger partial charge in [-0.3, -0.25) is 19.2 Å². The molecular weight excluding hydrogens is 512 g/mol. The molecule has 0 bridgehead atoms. The number of phenols is 1. The Morgan fingerprint density at radius 2 is 1.28 bits per heavy atom. The molecule has 0 amide bonds. The summed E-state index contributed by atoms with van der Waals surface area (Å²) in [5.41, 5.74) is 0.394. The molecule has 39 heavy (non-hydrogen) atoms. The van der Waals surface area contributed by atoms with Crippen LogP contribution in [-0.2, 0) is 9.59 Å². The molecule has 0 aliphatic heterocycles. The molecule has 212 valence electrons. The zero-order valence-electron chi connectivity index (χ0n) is 22.4. The van der Waals surface area contributed by atoms with Crippen LogP contribution in [0.1, 0.15) is 60.2 Å². The van der Waals surface area contributed by atoms with Gasteiger partial charge in [0, 0.05) is 20.5 Å². The Balaban J connectivity index is 0.000000236. The van der Waals surface area contributed by atoms with Gasteiger partial charge < -0.3 is 33.9 Å². The highest BCUT2D eigenvalue weighted by molar-refractivity contribution is 5.86.